The quantitative estimate of drug-likeness (QED) is 0.290. The zero-order valence-electron chi connectivity index (χ0n) is 19.3. The number of alkyl halides is 3. The minimum atomic E-state index is -4.65. The monoisotopic (exact) mass is 488 g/mol. The number of halogens is 4. The second kappa shape index (κ2) is 10.3. The van der Waals surface area contributed by atoms with Crippen molar-refractivity contribution in [3.05, 3.63) is 69.6 Å². The van der Waals surface area contributed by atoms with Crippen LogP contribution >= 0.6 is 11.6 Å². The van der Waals surface area contributed by atoms with E-state index in [1.54, 1.807) is 16.7 Å². The largest absolute Gasteiger partial charge is 0.418 e. The summed E-state index contributed by atoms with van der Waals surface area (Å²) in [6, 6.07) is 11.3. The molecule has 0 bridgehead atoms. The van der Waals surface area contributed by atoms with Gasteiger partial charge in [0.05, 0.1) is 34.3 Å². The Morgan fingerprint density at radius 2 is 1.88 bits per heavy atom. The molecule has 2 aromatic heterocycles. The Morgan fingerprint density at radius 1 is 1.15 bits per heavy atom. The summed E-state index contributed by atoms with van der Waals surface area (Å²) in [7, 11) is 0. The zero-order valence-corrected chi connectivity index (χ0v) is 20.1. The highest BCUT2D eigenvalue weighted by molar-refractivity contribution is 6.33. The molecule has 4 aromatic rings. The van der Waals surface area contributed by atoms with Gasteiger partial charge in [0, 0.05) is 16.6 Å². The van der Waals surface area contributed by atoms with Gasteiger partial charge in [0.1, 0.15) is 0 Å². The molecule has 2 aromatic carbocycles. The molecule has 0 amide bonds. The van der Waals surface area contributed by atoms with Crippen molar-refractivity contribution in [2.45, 2.75) is 53.3 Å². The Morgan fingerprint density at radius 3 is 2.53 bits per heavy atom. The van der Waals surface area contributed by atoms with Gasteiger partial charge in [-0.2, -0.15) is 23.4 Å². The Kier molecular flexibility index (Phi) is 7.68. The molecule has 4 rings (SSSR count). The maximum absolute atomic E-state index is 13.8. The first-order chi connectivity index (χ1) is 16.2. The van der Waals surface area contributed by atoms with Crippen LogP contribution in [0, 0.1) is 18.3 Å². The highest BCUT2D eigenvalue weighted by Crippen LogP contribution is 2.39. The van der Waals surface area contributed by atoms with Crippen LogP contribution in [-0.4, -0.2) is 14.7 Å². The van der Waals surface area contributed by atoms with Crippen molar-refractivity contribution in [3.63, 3.8) is 0 Å². The van der Waals surface area contributed by atoms with Crippen molar-refractivity contribution in [1.29, 1.82) is 5.26 Å². The topological polar surface area (TPSA) is 67.6 Å². The van der Waals surface area contributed by atoms with Crippen molar-refractivity contribution >= 4 is 22.5 Å². The predicted octanol–water partition coefficient (Wildman–Crippen LogP) is 7.57. The number of aryl methyl sites for hydroxylation is 2. The summed E-state index contributed by atoms with van der Waals surface area (Å²) in [5.74, 6) is 0.551. The van der Waals surface area contributed by atoms with Gasteiger partial charge in [-0.1, -0.05) is 55.6 Å². The van der Waals surface area contributed by atoms with Gasteiger partial charge in [0.25, 0.3) is 5.89 Å². The fourth-order valence-corrected chi connectivity index (χ4v) is 4.01. The van der Waals surface area contributed by atoms with Gasteiger partial charge in [-0.3, -0.25) is 0 Å². The van der Waals surface area contributed by atoms with Gasteiger partial charge < -0.3 is 9.09 Å². The highest BCUT2D eigenvalue weighted by atomic mass is 35.5. The summed E-state index contributed by atoms with van der Waals surface area (Å²) in [6.45, 7) is 7.97. The first kappa shape index (κ1) is 25.3. The maximum Gasteiger partial charge on any atom is 0.418 e. The standard InChI is InChI=1S/C23H18ClF3N4O.C2H6/c1-3-4-15-10-17-19(8-6-14(11-28)21(17)23(25,26)27)31(15)12-20-29-22(32-30-20)16-9-13(2)5-7-18(16)24;1-2/h5-10H,3-4,12H2,1-2H3;1-2H3. The van der Waals surface area contributed by atoms with Gasteiger partial charge in [-0.25, -0.2) is 0 Å². The first-order valence-corrected chi connectivity index (χ1v) is 11.3. The number of hydrogen-bond donors (Lipinski definition) is 0. The fourth-order valence-electron chi connectivity index (χ4n) is 3.81. The number of hydrogen-bond acceptors (Lipinski definition) is 4. The lowest BCUT2D eigenvalue weighted by Crippen LogP contribution is -2.09. The molecule has 0 fully saturated rings. The molecule has 34 heavy (non-hydrogen) atoms. The average Bonchev–Trinajstić information content (AvgIpc) is 3.41. The van der Waals surface area contributed by atoms with E-state index in [9.17, 15) is 18.4 Å². The lowest BCUT2D eigenvalue weighted by molar-refractivity contribution is -0.136. The van der Waals surface area contributed by atoms with E-state index in [2.05, 4.69) is 10.1 Å². The molecule has 2 heterocycles. The predicted molar refractivity (Wildman–Crippen MR) is 126 cm³/mol. The number of rotatable bonds is 5. The Labute approximate surface area is 200 Å². The average molecular weight is 489 g/mol. The summed E-state index contributed by atoms with van der Waals surface area (Å²) in [5, 5.41) is 13.7. The van der Waals surface area contributed by atoms with Crippen LogP contribution in [0.3, 0.4) is 0 Å². The molecule has 0 radical (unpaired) electrons. The van der Waals surface area contributed by atoms with E-state index in [4.69, 9.17) is 16.1 Å². The molecular weight excluding hydrogens is 465 g/mol. The Hall–Kier alpha value is -3.31. The number of nitrogens with zero attached hydrogens (tertiary/aromatic N) is 4. The van der Waals surface area contributed by atoms with E-state index in [-0.39, 0.29) is 17.8 Å². The van der Waals surface area contributed by atoms with Crippen LogP contribution in [0.2, 0.25) is 5.02 Å². The Balaban J connectivity index is 0.00000158. The third kappa shape index (κ3) is 4.95. The van der Waals surface area contributed by atoms with Crippen LogP contribution < -0.4 is 0 Å². The lowest BCUT2D eigenvalue weighted by Gasteiger charge is -2.11. The second-order valence-electron chi connectivity index (χ2n) is 7.50. The zero-order chi connectivity index (χ0) is 25.0. The van der Waals surface area contributed by atoms with Crippen LogP contribution in [0.15, 0.2) is 40.9 Å². The van der Waals surface area contributed by atoms with E-state index in [0.717, 1.165) is 12.0 Å². The maximum atomic E-state index is 13.8. The van der Waals surface area contributed by atoms with Gasteiger partial charge in [-0.15, -0.1) is 0 Å². The molecule has 9 heteroatoms. The molecule has 0 saturated carbocycles. The van der Waals surface area contributed by atoms with Crippen molar-refractivity contribution in [2.75, 3.05) is 0 Å². The summed E-state index contributed by atoms with van der Waals surface area (Å²) in [4.78, 5) is 4.41. The molecule has 0 atom stereocenters. The third-order valence-electron chi connectivity index (χ3n) is 5.20. The SMILES string of the molecule is CC.CCCc1cc2c(C(F)(F)F)c(C#N)ccc2n1Cc1noc(-c2cc(C)ccc2Cl)n1. The number of nitriles is 1. The molecule has 0 N–H and O–H groups in total. The van der Waals surface area contributed by atoms with Crippen LogP contribution in [0.1, 0.15) is 55.4 Å². The van der Waals surface area contributed by atoms with E-state index in [0.29, 0.717) is 34.0 Å². The van der Waals surface area contributed by atoms with Gasteiger partial charge in [0.15, 0.2) is 5.82 Å². The van der Waals surface area contributed by atoms with Crippen LogP contribution in [0.25, 0.3) is 22.4 Å². The Bertz CT molecular complexity index is 1350. The van der Waals surface area contributed by atoms with Gasteiger partial charge >= 0.3 is 6.18 Å². The fraction of sp³-hybridized carbons (Fsp3) is 0.320. The lowest BCUT2D eigenvalue weighted by atomic mass is 10.0. The van der Waals surface area contributed by atoms with Crippen molar-refractivity contribution in [2.24, 2.45) is 0 Å². The molecule has 0 aliphatic carbocycles. The molecule has 0 aliphatic heterocycles. The molecule has 0 spiro atoms. The normalized spacial score (nSPS) is 11.3. The summed E-state index contributed by atoms with van der Waals surface area (Å²) >= 11 is 6.25. The summed E-state index contributed by atoms with van der Waals surface area (Å²) in [6.07, 6.45) is -3.36. The molecule has 0 saturated heterocycles. The minimum absolute atomic E-state index is 0.00885. The molecule has 178 valence electrons. The van der Waals surface area contributed by atoms with Crippen LogP contribution in [0.5, 0.6) is 0 Å². The van der Waals surface area contributed by atoms with Crippen LogP contribution in [0.4, 0.5) is 13.2 Å². The van der Waals surface area contributed by atoms with E-state index >= 15 is 0 Å². The number of benzene rings is 2. The van der Waals surface area contributed by atoms with E-state index in [1.807, 2.05) is 39.8 Å². The molecule has 0 unspecified atom stereocenters. The number of fused-ring (bicyclic) bond motifs is 1. The minimum Gasteiger partial charge on any atom is -0.337 e. The second-order valence-corrected chi connectivity index (χ2v) is 7.91. The van der Waals surface area contributed by atoms with Crippen molar-refractivity contribution in [1.82, 2.24) is 14.7 Å². The summed E-state index contributed by atoms with van der Waals surface area (Å²) in [5.41, 5.74) is 1.30. The smallest absolute Gasteiger partial charge is 0.337 e. The van der Waals surface area contributed by atoms with E-state index in [1.165, 1.54) is 18.2 Å². The van der Waals surface area contributed by atoms with Gasteiger partial charge in [-0.05, 0) is 43.7 Å². The molecular formula is C25H24ClF3N4O. The highest BCUT2D eigenvalue weighted by Gasteiger charge is 2.36. The summed E-state index contributed by atoms with van der Waals surface area (Å²) < 4.78 is 48.4. The van der Waals surface area contributed by atoms with Gasteiger partial charge in [0.2, 0.25) is 0 Å². The van der Waals surface area contributed by atoms with Crippen LogP contribution in [-0.2, 0) is 19.1 Å². The first-order valence-electron chi connectivity index (χ1n) is 10.9. The number of aromatic nitrogens is 3. The third-order valence-corrected chi connectivity index (χ3v) is 5.53. The molecule has 0 aliphatic rings. The van der Waals surface area contributed by atoms with Crippen molar-refractivity contribution in [3.8, 4) is 17.5 Å². The molecule has 5 nitrogen and oxygen atoms in total. The van der Waals surface area contributed by atoms with Crippen molar-refractivity contribution < 1.29 is 17.7 Å². The van der Waals surface area contributed by atoms with E-state index < -0.39 is 17.3 Å².